The third kappa shape index (κ3) is 7.90. The first kappa shape index (κ1) is 52.9. The predicted molar refractivity (Wildman–Crippen MR) is 394 cm³/mol. The molecule has 2 aromatic heterocycles. The maximum atomic E-state index is 7.28. The van der Waals surface area contributed by atoms with Crippen LogP contribution >= 0.6 is 11.8 Å². The van der Waals surface area contributed by atoms with Crippen LogP contribution < -0.4 is 57.3 Å². The van der Waals surface area contributed by atoms with Crippen LogP contribution in [-0.2, 0) is 0 Å². The number of hydrogen-bond donors (Lipinski definition) is 0. The van der Waals surface area contributed by atoms with Crippen LogP contribution in [0.5, 0.6) is 0 Å². The third-order valence-corrected chi connectivity index (χ3v) is 20.7. The Bertz CT molecular complexity index is 5620. The Kier molecular flexibility index (Phi) is 11.7. The molecule has 6 heterocycles. The largest absolute Gasteiger partial charge is 0.454 e. The predicted octanol–water partition coefficient (Wildman–Crippen LogP) is 19.3. The highest BCUT2D eigenvalue weighted by Gasteiger charge is 2.49. The lowest BCUT2D eigenvalue weighted by molar-refractivity contribution is 0.669. The summed E-state index contributed by atoms with van der Waals surface area (Å²) in [5.74, 6) is 0. The second kappa shape index (κ2) is 20.8. The van der Waals surface area contributed by atoms with Gasteiger partial charge in [0.05, 0.1) is 17.1 Å². The molecule has 438 valence electrons. The molecule has 0 radical (unpaired) electrons. The fraction of sp³-hybridized carbons (Fsp3) is 0. The topological polar surface area (TPSA) is 42.5 Å². The molecule has 94 heavy (non-hydrogen) atoms. The van der Waals surface area contributed by atoms with E-state index in [0.717, 1.165) is 129 Å². The Balaban J connectivity index is 0.911. The van der Waals surface area contributed by atoms with Crippen molar-refractivity contribution < 1.29 is 8.83 Å². The van der Waals surface area contributed by atoms with Crippen molar-refractivity contribution in [3.8, 4) is 0 Å². The summed E-state index contributed by atoms with van der Waals surface area (Å²) in [7, 11) is 0. The summed E-state index contributed by atoms with van der Waals surface area (Å²) in [4.78, 5) is 14.8. The SMILES string of the molecule is c1ccc(N(c2ccccc2)c2cc3c4c(c2)N(c2ccccc2)c2c(ccc5c2oc2ccccc25)B4c2cc4c(cc2S3)N(c2ccccc2)c2cc(N(c3ccccc3)c3ccccc3)cc3c2B4c2ccc4c(oc5ccccc54)c2N3c2ccccc2)cc1. The maximum Gasteiger partial charge on any atom is 0.252 e. The molecule has 4 aliphatic heterocycles. The highest BCUT2D eigenvalue weighted by Crippen LogP contribution is 2.53. The number of fused-ring (bicyclic) bond motifs is 16. The molecule has 14 aromatic carbocycles. The molecule has 10 heteroatoms. The van der Waals surface area contributed by atoms with Gasteiger partial charge in [0.25, 0.3) is 6.71 Å². The number of anilines is 15. The van der Waals surface area contributed by atoms with Crippen molar-refractivity contribution in [3.05, 3.63) is 322 Å². The van der Waals surface area contributed by atoms with Crippen LogP contribution in [0.15, 0.2) is 340 Å². The summed E-state index contributed by atoms with van der Waals surface area (Å²) in [6.45, 7) is -0.468. The summed E-state index contributed by atoms with van der Waals surface area (Å²) < 4.78 is 14.5. The number of benzene rings is 14. The first-order valence-electron chi connectivity index (χ1n) is 32.1. The smallest absolute Gasteiger partial charge is 0.252 e. The second-order valence-corrected chi connectivity index (χ2v) is 25.8. The van der Waals surface area contributed by atoms with Crippen molar-refractivity contribution in [1.82, 2.24) is 0 Å². The number of para-hydroxylation sites is 9. The van der Waals surface area contributed by atoms with E-state index in [1.54, 1.807) is 0 Å². The molecule has 0 saturated carbocycles. The Labute approximate surface area is 548 Å². The van der Waals surface area contributed by atoms with Crippen LogP contribution in [0, 0.1) is 0 Å². The number of furan rings is 2. The summed E-state index contributed by atoms with van der Waals surface area (Å²) >= 11 is 1.88. The molecule has 0 saturated heterocycles. The van der Waals surface area contributed by atoms with Crippen molar-refractivity contribution in [2.75, 3.05) is 24.5 Å². The summed E-state index contributed by atoms with van der Waals surface area (Å²) in [5.41, 5.74) is 26.7. The lowest BCUT2D eigenvalue weighted by Gasteiger charge is -2.46. The van der Waals surface area contributed by atoms with Crippen LogP contribution in [0.4, 0.5) is 85.3 Å². The quantitative estimate of drug-likeness (QED) is 0.132. The first-order chi connectivity index (χ1) is 46.7. The zero-order valence-electron chi connectivity index (χ0n) is 50.7. The third-order valence-electron chi connectivity index (χ3n) is 19.6. The van der Waals surface area contributed by atoms with Crippen LogP contribution in [0.25, 0.3) is 43.9 Å². The normalized spacial score (nSPS) is 13.2. The zero-order valence-corrected chi connectivity index (χ0v) is 51.5. The van der Waals surface area contributed by atoms with Gasteiger partial charge in [0.15, 0.2) is 11.2 Å². The van der Waals surface area contributed by atoms with E-state index in [1.807, 2.05) is 11.8 Å². The summed E-state index contributed by atoms with van der Waals surface area (Å²) in [6.07, 6.45) is 0. The van der Waals surface area contributed by atoms with Gasteiger partial charge in [0, 0.05) is 99.6 Å². The molecular weight excluding hydrogens is 1160 g/mol. The molecule has 0 fully saturated rings. The van der Waals surface area contributed by atoms with Gasteiger partial charge >= 0.3 is 0 Å². The molecule has 0 unspecified atom stereocenters. The van der Waals surface area contributed by atoms with Gasteiger partial charge in [0.1, 0.15) is 11.2 Å². The summed E-state index contributed by atoms with van der Waals surface area (Å²) in [5, 5.41) is 4.34. The van der Waals surface area contributed by atoms with Crippen LogP contribution in [0.1, 0.15) is 0 Å². The van der Waals surface area contributed by atoms with Gasteiger partial charge in [-0.2, -0.15) is 0 Å². The molecular formula is C84H53B2N5O2S. The Morgan fingerprint density at radius 1 is 0.266 bits per heavy atom. The Morgan fingerprint density at radius 3 is 1.10 bits per heavy atom. The van der Waals surface area contributed by atoms with Gasteiger partial charge in [-0.1, -0.05) is 211 Å². The molecule has 0 atom stereocenters. The van der Waals surface area contributed by atoms with E-state index in [9.17, 15) is 0 Å². The van der Waals surface area contributed by atoms with E-state index in [0.29, 0.717) is 0 Å². The van der Waals surface area contributed by atoms with Gasteiger partial charge in [-0.25, -0.2) is 0 Å². The van der Waals surface area contributed by atoms with Crippen LogP contribution in [0.3, 0.4) is 0 Å². The second-order valence-electron chi connectivity index (χ2n) is 24.7. The minimum atomic E-state index is -0.255. The van der Waals surface area contributed by atoms with E-state index in [4.69, 9.17) is 8.83 Å². The number of nitrogens with zero attached hydrogens (tertiary/aromatic N) is 5. The molecule has 0 N–H and O–H groups in total. The van der Waals surface area contributed by atoms with E-state index >= 15 is 0 Å². The van der Waals surface area contributed by atoms with Crippen molar-refractivity contribution in [1.29, 1.82) is 0 Å². The van der Waals surface area contributed by atoms with Gasteiger partial charge in [-0.05, 0) is 155 Å². The van der Waals surface area contributed by atoms with E-state index < -0.39 is 0 Å². The maximum absolute atomic E-state index is 7.28. The first-order valence-corrected chi connectivity index (χ1v) is 32.9. The van der Waals surface area contributed by atoms with Gasteiger partial charge in [-0.3, -0.25) is 0 Å². The standard InChI is InChI=1S/C84H53B2N5O2S/c1-8-26-54(27-9-1)87(55-28-10-2-11-29-55)61-48-72-79-73(49-61)90(59-36-18-6-19-37-59)81-67(46-44-65-63-40-22-24-42-75(63)92-83(65)81)85(79)69-52-70-77(53-71(69)89(72)58-34-16-5-17-35-58)94-78-51-62(88(56-30-12-3-13-31-56)57-32-14-4-15-33-57)50-74-80(78)86(70)68-47-45-66-64-41-23-25-43-76(64)93-84(66)82(68)91(74)60-38-20-7-21-39-60/h1-53H. The average Bonchev–Trinajstić information content (AvgIpc) is 0.920. The zero-order chi connectivity index (χ0) is 61.5. The molecule has 0 bridgehead atoms. The van der Waals surface area contributed by atoms with Gasteiger partial charge in [-0.15, -0.1) is 0 Å². The van der Waals surface area contributed by atoms with Crippen molar-refractivity contribution in [2.24, 2.45) is 0 Å². The monoisotopic (exact) mass is 1220 g/mol. The van der Waals surface area contributed by atoms with Crippen molar-refractivity contribution >= 4 is 187 Å². The van der Waals surface area contributed by atoms with Crippen LogP contribution in [0.2, 0.25) is 0 Å². The fourth-order valence-corrected chi connectivity index (χ4v) is 16.9. The Morgan fingerprint density at radius 2 is 0.638 bits per heavy atom. The van der Waals surface area contributed by atoms with E-state index in [-0.39, 0.29) is 13.4 Å². The van der Waals surface area contributed by atoms with Gasteiger partial charge in [0.2, 0.25) is 6.71 Å². The molecule has 16 aromatic rings. The van der Waals surface area contributed by atoms with Crippen molar-refractivity contribution in [2.45, 2.75) is 9.79 Å². The minimum Gasteiger partial charge on any atom is -0.454 e. The average molecular weight is 1220 g/mol. The Hall–Kier alpha value is -11.8. The molecule has 0 amide bonds. The highest BCUT2D eigenvalue weighted by atomic mass is 32.2. The fourth-order valence-electron chi connectivity index (χ4n) is 15.7. The van der Waals surface area contributed by atoms with E-state index in [2.05, 4.69) is 346 Å². The lowest BCUT2D eigenvalue weighted by atomic mass is 9.31. The van der Waals surface area contributed by atoms with E-state index in [1.165, 1.54) is 42.6 Å². The minimum absolute atomic E-state index is 0.212. The molecule has 0 aliphatic carbocycles. The number of rotatable bonds is 9. The summed E-state index contributed by atoms with van der Waals surface area (Å²) in [6, 6.07) is 117. The molecule has 7 nitrogen and oxygen atoms in total. The molecule has 20 rings (SSSR count). The molecule has 4 aliphatic rings. The molecule has 0 spiro atoms. The van der Waals surface area contributed by atoms with Crippen molar-refractivity contribution in [3.63, 3.8) is 0 Å². The lowest BCUT2D eigenvalue weighted by Crippen LogP contribution is -2.64. The van der Waals surface area contributed by atoms with Crippen LogP contribution in [-0.4, -0.2) is 13.4 Å². The van der Waals surface area contributed by atoms with Gasteiger partial charge < -0.3 is 33.3 Å². The number of hydrogen-bond acceptors (Lipinski definition) is 8. The highest BCUT2D eigenvalue weighted by molar-refractivity contribution is 8.00.